The van der Waals surface area contributed by atoms with Crippen LogP contribution in [0.5, 0.6) is 5.75 Å². The first-order chi connectivity index (χ1) is 10.6. The highest BCUT2D eigenvalue weighted by molar-refractivity contribution is 5.79. The summed E-state index contributed by atoms with van der Waals surface area (Å²) < 4.78 is 5.65. The standard InChI is InChI=1S/C17H29N3O2/c1-5-10-19-17(18-6-2)20-12-16(21)14-8-7-9-15(11-14)22-13(3)4/h7-9,11,13,16,21H,5-6,10,12H2,1-4H3,(H2,18,19,20). The lowest BCUT2D eigenvalue weighted by atomic mass is 10.1. The van der Waals surface area contributed by atoms with Crippen LogP contribution in [0.15, 0.2) is 29.3 Å². The first-order valence-corrected chi connectivity index (χ1v) is 8.03. The van der Waals surface area contributed by atoms with Crippen molar-refractivity contribution in [3.8, 4) is 5.75 Å². The van der Waals surface area contributed by atoms with Gasteiger partial charge in [-0.1, -0.05) is 19.1 Å². The number of aliphatic imine (C=N–C) groups is 1. The Morgan fingerprint density at radius 1 is 1.27 bits per heavy atom. The van der Waals surface area contributed by atoms with Crippen molar-refractivity contribution in [1.29, 1.82) is 0 Å². The Morgan fingerprint density at radius 3 is 2.68 bits per heavy atom. The first-order valence-electron chi connectivity index (χ1n) is 8.03. The van der Waals surface area contributed by atoms with E-state index >= 15 is 0 Å². The van der Waals surface area contributed by atoms with Crippen LogP contribution < -0.4 is 15.4 Å². The van der Waals surface area contributed by atoms with Crippen molar-refractivity contribution in [3.63, 3.8) is 0 Å². The van der Waals surface area contributed by atoms with Crippen LogP contribution in [0.2, 0.25) is 0 Å². The number of nitrogens with zero attached hydrogens (tertiary/aromatic N) is 1. The number of aliphatic hydroxyl groups excluding tert-OH is 1. The van der Waals surface area contributed by atoms with Gasteiger partial charge in [0.15, 0.2) is 5.96 Å². The molecule has 0 aliphatic rings. The third-order valence-electron chi connectivity index (χ3n) is 2.92. The predicted octanol–water partition coefficient (Wildman–Crippen LogP) is 2.47. The summed E-state index contributed by atoms with van der Waals surface area (Å²) in [6.45, 7) is 10.1. The highest BCUT2D eigenvalue weighted by Crippen LogP contribution is 2.20. The molecule has 1 unspecified atom stereocenters. The van der Waals surface area contributed by atoms with E-state index in [0.717, 1.165) is 36.8 Å². The highest BCUT2D eigenvalue weighted by atomic mass is 16.5. The zero-order valence-corrected chi connectivity index (χ0v) is 14.1. The van der Waals surface area contributed by atoms with Gasteiger partial charge < -0.3 is 20.5 Å². The summed E-state index contributed by atoms with van der Waals surface area (Å²) in [6.07, 6.45) is 0.499. The third-order valence-corrected chi connectivity index (χ3v) is 2.92. The summed E-state index contributed by atoms with van der Waals surface area (Å²) in [6, 6.07) is 7.54. The van der Waals surface area contributed by atoms with Gasteiger partial charge in [-0.3, -0.25) is 4.99 Å². The van der Waals surface area contributed by atoms with Crippen LogP contribution in [0.4, 0.5) is 0 Å². The zero-order chi connectivity index (χ0) is 16.4. The van der Waals surface area contributed by atoms with E-state index in [4.69, 9.17) is 4.74 Å². The number of benzene rings is 1. The number of nitrogens with one attached hydrogen (secondary N) is 2. The summed E-state index contributed by atoms with van der Waals surface area (Å²) in [4.78, 5) is 4.42. The highest BCUT2D eigenvalue weighted by Gasteiger charge is 2.09. The van der Waals surface area contributed by atoms with Crippen LogP contribution >= 0.6 is 0 Å². The van der Waals surface area contributed by atoms with Gasteiger partial charge in [0.25, 0.3) is 0 Å². The molecule has 0 fully saturated rings. The van der Waals surface area contributed by atoms with Gasteiger partial charge in [-0.2, -0.15) is 0 Å². The molecule has 0 aliphatic carbocycles. The van der Waals surface area contributed by atoms with E-state index in [1.165, 1.54) is 0 Å². The number of hydrogen-bond acceptors (Lipinski definition) is 3. The lowest BCUT2D eigenvalue weighted by Crippen LogP contribution is -2.37. The quantitative estimate of drug-likeness (QED) is 0.510. The van der Waals surface area contributed by atoms with Crippen LogP contribution in [0.1, 0.15) is 45.8 Å². The largest absolute Gasteiger partial charge is 0.491 e. The molecule has 1 aromatic carbocycles. The van der Waals surface area contributed by atoms with Crippen molar-refractivity contribution < 1.29 is 9.84 Å². The Labute approximate surface area is 133 Å². The van der Waals surface area contributed by atoms with E-state index in [2.05, 4.69) is 22.5 Å². The second-order valence-corrected chi connectivity index (χ2v) is 5.40. The molecule has 1 atom stereocenters. The maximum atomic E-state index is 10.3. The molecule has 0 aromatic heterocycles. The fourth-order valence-corrected chi connectivity index (χ4v) is 1.94. The average molecular weight is 307 g/mol. The van der Waals surface area contributed by atoms with Crippen molar-refractivity contribution in [2.45, 2.75) is 46.3 Å². The summed E-state index contributed by atoms with van der Waals surface area (Å²) in [7, 11) is 0. The molecular weight excluding hydrogens is 278 g/mol. The first kappa shape index (κ1) is 18.3. The van der Waals surface area contributed by atoms with E-state index in [0.29, 0.717) is 6.54 Å². The van der Waals surface area contributed by atoms with Crippen LogP contribution in [-0.2, 0) is 0 Å². The van der Waals surface area contributed by atoms with Gasteiger partial charge in [0.05, 0.1) is 18.8 Å². The number of guanidine groups is 1. The molecule has 0 amide bonds. The predicted molar refractivity (Wildman–Crippen MR) is 91.4 cm³/mol. The Bertz CT molecular complexity index is 461. The maximum Gasteiger partial charge on any atom is 0.191 e. The number of ether oxygens (including phenoxy) is 1. The van der Waals surface area contributed by atoms with Crippen molar-refractivity contribution >= 4 is 5.96 Å². The third kappa shape index (κ3) is 6.80. The van der Waals surface area contributed by atoms with Gasteiger partial charge in [0.1, 0.15) is 5.75 Å². The molecule has 0 spiro atoms. The van der Waals surface area contributed by atoms with Crippen LogP contribution in [0, 0.1) is 0 Å². The molecule has 0 bridgehead atoms. The van der Waals surface area contributed by atoms with Gasteiger partial charge in [-0.25, -0.2) is 0 Å². The van der Waals surface area contributed by atoms with Crippen LogP contribution in [0.3, 0.4) is 0 Å². The topological polar surface area (TPSA) is 65.9 Å². The molecular formula is C17H29N3O2. The van der Waals surface area contributed by atoms with Crippen LogP contribution in [0.25, 0.3) is 0 Å². The minimum atomic E-state index is -0.646. The Kier molecular flexibility index (Phi) is 8.36. The molecule has 1 rings (SSSR count). The molecule has 124 valence electrons. The van der Waals surface area contributed by atoms with Crippen molar-refractivity contribution in [2.24, 2.45) is 4.99 Å². The zero-order valence-electron chi connectivity index (χ0n) is 14.1. The molecule has 1 aromatic rings. The fourth-order valence-electron chi connectivity index (χ4n) is 1.94. The van der Waals surface area contributed by atoms with Crippen LogP contribution in [-0.4, -0.2) is 36.8 Å². The normalized spacial score (nSPS) is 13.1. The summed E-state index contributed by atoms with van der Waals surface area (Å²) >= 11 is 0. The van der Waals surface area contributed by atoms with Gasteiger partial charge in [0, 0.05) is 13.1 Å². The lowest BCUT2D eigenvalue weighted by Gasteiger charge is -2.14. The number of rotatable bonds is 8. The SMILES string of the molecule is CCCNC(=NCC(O)c1cccc(OC(C)C)c1)NCC. The van der Waals surface area contributed by atoms with E-state index in [-0.39, 0.29) is 6.10 Å². The molecule has 5 heteroatoms. The molecule has 0 heterocycles. The monoisotopic (exact) mass is 307 g/mol. The fraction of sp³-hybridized carbons (Fsp3) is 0.588. The van der Waals surface area contributed by atoms with Gasteiger partial charge in [-0.15, -0.1) is 0 Å². The van der Waals surface area contributed by atoms with Gasteiger partial charge in [0.2, 0.25) is 0 Å². The Hall–Kier alpha value is -1.75. The molecule has 5 nitrogen and oxygen atoms in total. The smallest absolute Gasteiger partial charge is 0.191 e. The molecule has 0 saturated heterocycles. The Morgan fingerprint density at radius 2 is 2.05 bits per heavy atom. The second kappa shape index (κ2) is 10.1. The minimum absolute atomic E-state index is 0.115. The van der Waals surface area contributed by atoms with E-state index < -0.39 is 6.10 Å². The summed E-state index contributed by atoms with van der Waals surface area (Å²) in [5.41, 5.74) is 0.813. The van der Waals surface area contributed by atoms with Crippen molar-refractivity contribution in [3.05, 3.63) is 29.8 Å². The molecule has 0 radical (unpaired) electrons. The number of aliphatic hydroxyl groups is 1. The van der Waals surface area contributed by atoms with E-state index in [1.54, 1.807) is 0 Å². The van der Waals surface area contributed by atoms with Crippen molar-refractivity contribution in [2.75, 3.05) is 19.6 Å². The lowest BCUT2D eigenvalue weighted by molar-refractivity contribution is 0.185. The van der Waals surface area contributed by atoms with Gasteiger partial charge >= 0.3 is 0 Å². The summed E-state index contributed by atoms with van der Waals surface area (Å²) in [5.74, 6) is 1.50. The maximum absolute atomic E-state index is 10.3. The van der Waals surface area contributed by atoms with Crippen molar-refractivity contribution in [1.82, 2.24) is 10.6 Å². The number of hydrogen-bond donors (Lipinski definition) is 3. The van der Waals surface area contributed by atoms with E-state index in [1.807, 2.05) is 45.0 Å². The second-order valence-electron chi connectivity index (χ2n) is 5.40. The molecule has 3 N–H and O–H groups in total. The summed E-state index contributed by atoms with van der Waals surface area (Å²) in [5, 5.41) is 16.7. The average Bonchev–Trinajstić information content (AvgIpc) is 2.49. The molecule has 22 heavy (non-hydrogen) atoms. The van der Waals surface area contributed by atoms with E-state index in [9.17, 15) is 5.11 Å². The molecule has 0 aliphatic heterocycles. The van der Waals surface area contributed by atoms with Gasteiger partial charge in [-0.05, 0) is 44.9 Å². The minimum Gasteiger partial charge on any atom is -0.491 e. The molecule has 0 saturated carbocycles. The Balaban J connectivity index is 2.67.